The van der Waals surface area contributed by atoms with Gasteiger partial charge in [0.05, 0.1) is 12.1 Å². The summed E-state index contributed by atoms with van der Waals surface area (Å²) in [5.74, 6) is -0.995. The van der Waals surface area contributed by atoms with Gasteiger partial charge in [0.25, 0.3) is 5.91 Å². The first-order valence-corrected chi connectivity index (χ1v) is 9.80. The molecule has 0 radical (unpaired) electrons. The van der Waals surface area contributed by atoms with Crippen molar-refractivity contribution in [1.29, 1.82) is 0 Å². The van der Waals surface area contributed by atoms with E-state index < -0.39 is 5.82 Å². The van der Waals surface area contributed by atoms with E-state index >= 15 is 0 Å². The van der Waals surface area contributed by atoms with Crippen LogP contribution < -0.4 is 4.90 Å². The Morgan fingerprint density at radius 2 is 1.79 bits per heavy atom. The number of hydrogen-bond donors (Lipinski definition) is 0. The summed E-state index contributed by atoms with van der Waals surface area (Å²) in [4.78, 5) is 30.7. The van der Waals surface area contributed by atoms with Crippen LogP contribution in [0.2, 0.25) is 5.02 Å². The van der Waals surface area contributed by atoms with Crippen LogP contribution in [0.25, 0.3) is 0 Å². The van der Waals surface area contributed by atoms with Gasteiger partial charge in [-0.05, 0) is 30.3 Å². The van der Waals surface area contributed by atoms with Gasteiger partial charge in [0.15, 0.2) is 0 Å². The van der Waals surface area contributed by atoms with Crippen molar-refractivity contribution in [3.8, 4) is 0 Å². The second-order valence-electron chi connectivity index (χ2n) is 6.82. The first kappa shape index (κ1) is 21.0. The molecule has 0 aliphatic carbocycles. The molecule has 0 unspecified atom stereocenters. The van der Waals surface area contributed by atoms with E-state index in [2.05, 4.69) is 6.58 Å². The monoisotopic (exact) mass is 415 g/mol. The summed E-state index contributed by atoms with van der Waals surface area (Å²) < 4.78 is 14.0. The number of nitrogens with zero attached hydrogens (tertiary/aromatic N) is 3. The molecule has 0 atom stereocenters. The fourth-order valence-corrected chi connectivity index (χ4v) is 3.48. The molecule has 7 heteroatoms. The van der Waals surface area contributed by atoms with Crippen LogP contribution in [-0.4, -0.2) is 60.9 Å². The van der Waals surface area contributed by atoms with Crippen molar-refractivity contribution in [3.63, 3.8) is 0 Å². The Kier molecular flexibility index (Phi) is 7.01. The molecule has 1 fully saturated rings. The first-order valence-electron chi connectivity index (χ1n) is 9.42. The number of piperazine rings is 1. The average molecular weight is 416 g/mol. The maximum absolute atomic E-state index is 14.0. The number of amides is 2. The highest BCUT2D eigenvalue weighted by atomic mass is 35.5. The van der Waals surface area contributed by atoms with Crippen LogP contribution in [0.4, 0.5) is 10.1 Å². The van der Waals surface area contributed by atoms with Crippen molar-refractivity contribution < 1.29 is 14.0 Å². The highest BCUT2D eigenvalue weighted by Gasteiger charge is 2.26. The number of carbonyl (C=O) groups is 2. The molecule has 2 amide bonds. The Hall–Kier alpha value is -2.70. The van der Waals surface area contributed by atoms with Crippen LogP contribution in [0, 0.1) is 5.82 Å². The number of anilines is 1. The third kappa shape index (κ3) is 5.22. The molecule has 1 aliphatic heterocycles. The Morgan fingerprint density at radius 3 is 2.45 bits per heavy atom. The molecule has 152 valence electrons. The molecule has 1 aliphatic rings. The predicted octanol–water partition coefficient (Wildman–Crippen LogP) is 3.46. The predicted molar refractivity (Wildman–Crippen MR) is 113 cm³/mol. The van der Waals surface area contributed by atoms with E-state index in [9.17, 15) is 14.0 Å². The lowest BCUT2D eigenvalue weighted by atomic mass is 10.1. The van der Waals surface area contributed by atoms with Crippen LogP contribution in [0.15, 0.2) is 61.2 Å². The van der Waals surface area contributed by atoms with E-state index in [0.717, 1.165) is 5.69 Å². The molecule has 0 aromatic heterocycles. The third-order valence-corrected chi connectivity index (χ3v) is 5.09. The van der Waals surface area contributed by atoms with E-state index in [0.29, 0.717) is 37.7 Å². The van der Waals surface area contributed by atoms with Gasteiger partial charge in [-0.3, -0.25) is 14.5 Å². The Labute approximate surface area is 175 Å². The topological polar surface area (TPSA) is 43.9 Å². The molecular weight excluding hydrogens is 393 g/mol. The fraction of sp³-hybridized carbons (Fsp3) is 0.273. The van der Waals surface area contributed by atoms with Gasteiger partial charge in [-0.2, -0.15) is 0 Å². The maximum atomic E-state index is 14.0. The number of para-hydroxylation sites is 1. The van der Waals surface area contributed by atoms with Gasteiger partial charge in [-0.1, -0.05) is 35.9 Å². The molecule has 2 aromatic carbocycles. The zero-order chi connectivity index (χ0) is 20.8. The summed E-state index contributed by atoms with van der Waals surface area (Å²) in [5, 5.41) is 0.321. The van der Waals surface area contributed by atoms with Crippen molar-refractivity contribution in [1.82, 2.24) is 9.80 Å². The lowest BCUT2D eigenvalue weighted by Crippen LogP contribution is -2.51. The first-order chi connectivity index (χ1) is 14.0. The zero-order valence-electron chi connectivity index (χ0n) is 16.1. The highest BCUT2D eigenvalue weighted by molar-refractivity contribution is 6.31. The fourth-order valence-electron chi connectivity index (χ4n) is 3.31. The molecular formula is C22H23ClFN3O2. The number of rotatable bonds is 6. The van der Waals surface area contributed by atoms with Gasteiger partial charge in [0, 0.05) is 43.4 Å². The van der Waals surface area contributed by atoms with Gasteiger partial charge >= 0.3 is 0 Å². The minimum atomic E-state index is -0.583. The van der Waals surface area contributed by atoms with E-state index in [1.165, 1.54) is 18.2 Å². The normalized spacial score (nSPS) is 14.5. The summed E-state index contributed by atoms with van der Waals surface area (Å²) in [6.45, 7) is 6.33. The standard InChI is InChI=1S/C22H23ClFN3O2/c1-2-10-27(18-6-4-3-5-7-18)21(28)16-25-11-13-26(14-12-25)22(29)19-15-17(23)8-9-20(19)24/h2-9,15H,1,10-14,16H2. The molecule has 3 rings (SSSR count). The van der Waals surface area contributed by atoms with Crippen molar-refractivity contribution >= 4 is 29.1 Å². The largest absolute Gasteiger partial charge is 0.336 e. The van der Waals surface area contributed by atoms with E-state index in [1.54, 1.807) is 15.9 Å². The van der Waals surface area contributed by atoms with Crippen LogP contribution in [0.1, 0.15) is 10.4 Å². The third-order valence-electron chi connectivity index (χ3n) is 4.86. The molecule has 0 spiro atoms. The van der Waals surface area contributed by atoms with Gasteiger partial charge in [0.1, 0.15) is 5.82 Å². The lowest BCUT2D eigenvalue weighted by Gasteiger charge is -2.35. The van der Waals surface area contributed by atoms with Crippen molar-refractivity contribution in [2.75, 3.05) is 44.2 Å². The van der Waals surface area contributed by atoms with Crippen LogP contribution in [0.5, 0.6) is 0 Å². The van der Waals surface area contributed by atoms with Crippen molar-refractivity contribution in [2.24, 2.45) is 0 Å². The molecule has 2 aromatic rings. The second-order valence-corrected chi connectivity index (χ2v) is 7.26. The van der Waals surface area contributed by atoms with Crippen molar-refractivity contribution in [2.45, 2.75) is 0 Å². The lowest BCUT2D eigenvalue weighted by molar-refractivity contribution is -0.119. The number of benzene rings is 2. The van der Waals surface area contributed by atoms with E-state index in [4.69, 9.17) is 11.6 Å². The Morgan fingerprint density at radius 1 is 1.10 bits per heavy atom. The van der Waals surface area contributed by atoms with Crippen LogP contribution >= 0.6 is 11.6 Å². The smallest absolute Gasteiger partial charge is 0.256 e. The maximum Gasteiger partial charge on any atom is 0.256 e. The molecule has 0 bridgehead atoms. The minimum Gasteiger partial charge on any atom is -0.336 e. The average Bonchev–Trinajstić information content (AvgIpc) is 2.74. The van der Waals surface area contributed by atoms with Gasteiger partial charge in [-0.15, -0.1) is 6.58 Å². The minimum absolute atomic E-state index is 0.0248. The van der Waals surface area contributed by atoms with Gasteiger partial charge in [0.2, 0.25) is 5.91 Å². The molecule has 0 N–H and O–H groups in total. The summed E-state index contributed by atoms with van der Waals surface area (Å²) in [7, 11) is 0. The van der Waals surface area contributed by atoms with Crippen molar-refractivity contribution in [3.05, 3.63) is 77.6 Å². The molecule has 1 saturated heterocycles. The summed E-state index contributed by atoms with van der Waals surface area (Å²) in [6, 6.07) is 13.4. The number of halogens is 2. The van der Waals surface area contributed by atoms with Crippen LogP contribution in [0.3, 0.4) is 0 Å². The number of hydrogen-bond acceptors (Lipinski definition) is 3. The quantitative estimate of drug-likeness (QED) is 0.679. The molecule has 1 heterocycles. The SMILES string of the molecule is C=CCN(C(=O)CN1CCN(C(=O)c2cc(Cl)ccc2F)CC1)c1ccccc1. The number of carbonyl (C=O) groups excluding carboxylic acids is 2. The summed E-state index contributed by atoms with van der Waals surface area (Å²) in [6.07, 6.45) is 1.70. The molecule has 5 nitrogen and oxygen atoms in total. The second kappa shape index (κ2) is 9.67. The van der Waals surface area contributed by atoms with E-state index in [-0.39, 0.29) is 23.9 Å². The van der Waals surface area contributed by atoms with Gasteiger partial charge in [-0.25, -0.2) is 4.39 Å². The highest BCUT2D eigenvalue weighted by Crippen LogP contribution is 2.18. The van der Waals surface area contributed by atoms with Crippen LogP contribution in [-0.2, 0) is 4.79 Å². The van der Waals surface area contributed by atoms with Gasteiger partial charge < -0.3 is 9.80 Å². The molecule has 29 heavy (non-hydrogen) atoms. The zero-order valence-corrected chi connectivity index (χ0v) is 16.8. The summed E-state index contributed by atoms with van der Waals surface area (Å²) >= 11 is 5.89. The van der Waals surface area contributed by atoms with E-state index in [1.807, 2.05) is 35.2 Å². The molecule has 0 saturated carbocycles. The Bertz CT molecular complexity index is 883. The Balaban J connectivity index is 1.59. The summed E-state index contributed by atoms with van der Waals surface area (Å²) in [5.41, 5.74) is 0.797.